The summed E-state index contributed by atoms with van der Waals surface area (Å²) in [6, 6.07) is 0.425. The highest BCUT2D eigenvalue weighted by Gasteiger charge is 2.45. The fraction of sp³-hybridized carbons (Fsp3) is 1.00. The summed E-state index contributed by atoms with van der Waals surface area (Å²) in [5, 5.41) is 0.736. The molecular weight excluding hydrogens is 218 g/mol. The van der Waals surface area contributed by atoms with E-state index in [1.54, 1.807) is 0 Å². The lowest BCUT2D eigenvalue weighted by atomic mass is 9.70. The summed E-state index contributed by atoms with van der Waals surface area (Å²) in [6.07, 6.45) is 9.08. The zero-order chi connectivity index (χ0) is 11.0. The first kappa shape index (κ1) is 11.4. The van der Waals surface area contributed by atoms with Crippen molar-refractivity contribution >= 4 is 11.8 Å². The van der Waals surface area contributed by atoms with E-state index < -0.39 is 0 Å². The summed E-state index contributed by atoms with van der Waals surface area (Å²) in [7, 11) is 0. The monoisotopic (exact) mass is 241 g/mol. The topological polar surface area (TPSA) is 35.2 Å². The standard InChI is InChI=1S/C13H23NOS/c14-12(11-3-1-8-16-11)10-4-7-15-13(9-10)5-2-6-13/h10-12H,1-9,14H2. The Morgan fingerprint density at radius 1 is 1.25 bits per heavy atom. The van der Waals surface area contributed by atoms with Crippen LogP contribution in [0.5, 0.6) is 0 Å². The fourth-order valence-corrected chi connectivity index (χ4v) is 4.94. The van der Waals surface area contributed by atoms with E-state index >= 15 is 0 Å². The lowest BCUT2D eigenvalue weighted by molar-refractivity contribution is -0.145. The second-order valence-corrected chi connectivity index (χ2v) is 7.11. The number of ether oxygens (including phenoxy) is 1. The zero-order valence-corrected chi connectivity index (χ0v) is 10.8. The van der Waals surface area contributed by atoms with Crippen LogP contribution in [0.25, 0.3) is 0 Å². The molecular formula is C13H23NOS. The van der Waals surface area contributed by atoms with Gasteiger partial charge in [0.2, 0.25) is 0 Å². The molecule has 3 fully saturated rings. The average Bonchev–Trinajstić information content (AvgIpc) is 2.79. The van der Waals surface area contributed by atoms with Crippen LogP contribution in [0.1, 0.15) is 44.9 Å². The molecule has 1 saturated carbocycles. The molecule has 0 aromatic heterocycles. The van der Waals surface area contributed by atoms with Crippen molar-refractivity contribution in [3.8, 4) is 0 Å². The third-order valence-electron chi connectivity index (χ3n) is 4.73. The quantitative estimate of drug-likeness (QED) is 0.807. The first-order chi connectivity index (χ1) is 7.79. The third-order valence-corrected chi connectivity index (χ3v) is 6.24. The first-order valence-electron chi connectivity index (χ1n) is 6.80. The molecule has 0 amide bonds. The fourth-order valence-electron chi connectivity index (χ4n) is 3.52. The van der Waals surface area contributed by atoms with Gasteiger partial charge in [0.25, 0.3) is 0 Å². The number of hydrogen-bond donors (Lipinski definition) is 1. The van der Waals surface area contributed by atoms with Crippen LogP contribution in [0, 0.1) is 5.92 Å². The van der Waals surface area contributed by atoms with Crippen molar-refractivity contribution in [2.75, 3.05) is 12.4 Å². The molecule has 16 heavy (non-hydrogen) atoms. The van der Waals surface area contributed by atoms with E-state index in [-0.39, 0.29) is 5.60 Å². The highest BCUT2D eigenvalue weighted by Crippen LogP contribution is 2.46. The predicted octanol–water partition coefficient (Wildman–Crippen LogP) is 2.56. The molecule has 2 aliphatic heterocycles. The summed E-state index contributed by atoms with van der Waals surface area (Å²) in [4.78, 5) is 0. The van der Waals surface area contributed by atoms with Gasteiger partial charge in [0.15, 0.2) is 0 Å². The second kappa shape index (κ2) is 4.51. The lowest BCUT2D eigenvalue weighted by Gasteiger charge is -2.49. The van der Waals surface area contributed by atoms with E-state index in [0.29, 0.717) is 6.04 Å². The molecule has 2 N–H and O–H groups in total. The SMILES string of the molecule is NC(C1CCOC2(CCC2)C1)C1CCCS1. The number of rotatable bonds is 2. The Balaban J connectivity index is 1.60. The van der Waals surface area contributed by atoms with Crippen molar-refractivity contribution in [1.29, 1.82) is 0 Å². The second-order valence-electron chi connectivity index (χ2n) is 5.77. The number of thioether (sulfide) groups is 1. The molecule has 92 valence electrons. The zero-order valence-electron chi connectivity index (χ0n) is 9.99. The Hall–Kier alpha value is 0.270. The minimum Gasteiger partial charge on any atom is -0.375 e. The molecule has 2 nitrogen and oxygen atoms in total. The predicted molar refractivity (Wildman–Crippen MR) is 68.7 cm³/mol. The van der Waals surface area contributed by atoms with E-state index in [0.717, 1.165) is 17.8 Å². The van der Waals surface area contributed by atoms with E-state index in [2.05, 4.69) is 11.8 Å². The van der Waals surface area contributed by atoms with E-state index in [4.69, 9.17) is 10.5 Å². The molecule has 0 aromatic carbocycles. The molecule has 2 heterocycles. The molecule has 3 atom stereocenters. The molecule has 0 aromatic rings. The Kier molecular flexibility index (Phi) is 3.20. The smallest absolute Gasteiger partial charge is 0.0685 e. The van der Waals surface area contributed by atoms with Gasteiger partial charge in [-0.25, -0.2) is 0 Å². The first-order valence-corrected chi connectivity index (χ1v) is 7.85. The molecule has 2 saturated heterocycles. The number of hydrogen-bond acceptors (Lipinski definition) is 3. The molecule has 3 rings (SSSR count). The molecule has 3 unspecified atom stereocenters. The minimum absolute atomic E-state index is 0.268. The van der Waals surface area contributed by atoms with Crippen molar-refractivity contribution < 1.29 is 4.74 Å². The van der Waals surface area contributed by atoms with E-state index in [1.807, 2.05) is 0 Å². The van der Waals surface area contributed by atoms with Gasteiger partial charge in [0, 0.05) is 17.9 Å². The van der Waals surface area contributed by atoms with E-state index in [9.17, 15) is 0 Å². The maximum absolute atomic E-state index is 6.48. The molecule has 0 radical (unpaired) electrons. The van der Waals surface area contributed by atoms with Crippen molar-refractivity contribution in [3.05, 3.63) is 0 Å². The maximum atomic E-state index is 6.48. The maximum Gasteiger partial charge on any atom is 0.0685 e. The molecule has 0 bridgehead atoms. The summed E-state index contributed by atoms with van der Waals surface area (Å²) in [5.41, 5.74) is 6.74. The van der Waals surface area contributed by atoms with Crippen molar-refractivity contribution in [2.24, 2.45) is 11.7 Å². The minimum atomic E-state index is 0.268. The molecule has 3 aliphatic rings. The van der Waals surface area contributed by atoms with Gasteiger partial charge in [0.1, 0.15) is 0 Å². The van der Waals surface area contributed by atoms with Crippen molar-refractivity contribution in [1.82, 2.24) is 0 Å². The Bertz CT molecular complexity index is 248. The van der Waals surface area contributed by atoms with Crippen LogP contribution in [0.2, 0.25) is 0 Å². The molecule has 3 heteroatoms. The molecule has 1 aliphatic carbocycles. The summed E-state index contributed by atoms with van der Waals surface area (Å²) in [6.45, 7) is 0.954. The van der Waals surface area contributed by atoms with Gasteiger partial charge in [-0.1, -0.05) is 0 Å². The highest BCUT2D eigenvalue weighted by atomic mass is 32.2. The van der Waals surface area contributed by atoms with Crippen LogP contribution in [-0.2, 0) is 4.74 Å². The van der Waals surface area contributed by atoms with Crippen LogP contribution in [0.3, 0.4) is 0 Å². The van der Waals surface area contributed by atoms with Crippen LogP contribution in [0.15, 0.2) is 0 Å². The van der Waals surface area contributed by atoms with E-state index in [1.165, 1.54) is 50.7 Å². The van der Waals surface area contributed by atoms with Gasteiger partial charge >= 0.3 is 0 Å². The normalized spacial score (nSPS) is 39.6. The van der Waals surface area contributed by atoms with Gasteiger partial charge in [-0.15, -0.1) is 0 Å². The summed E-state index contributed by atoms with van der Waals surface area (Å²) >= 11 is 2.10. The molecule has 1 spiro atoms. The van der Waals surface area contributed by atoms with Crippen LogP contribution < -0.4 is 5.73 Å². The third kappa shape index (κ3) is 2.02. The van der Waals surface area contributed by atoms with Crippen LogP contribution in [-0.4, -0.2) is 29.3 Å². The average molecular weight is 241 g/mol. The lowest BCUT2D eigenvalue weighted by Crippen LogP contribution is -2.51. The Morgan fingerprint density at radius 2 is 2.12 bits per heavy atom. The van der Waals surface area contributed by atoms with Gasteiger partial charge in [0.05, 0.1) is 5.60 Å². The van der Waals surface area contributed by atoms with Crippen molar-refractivity contribution in [3.63, 3.8) is 0 Å². The van der Waals surface area contributed by atoms with Gasteiger partial charge in [-0.05, 0) is 56.6 Å². The van der Waals surface area contributed by atoms with Crippen LogP contribution >= 0.6 is 11.8 Å². The summed E-state index contributed by atoms with van der Waals surface area (Å²) in [5.74, 6) is 2.05. The highest BCUT2D eigenvalue weighted by molar-refractivity contribution is 8.00. The van der Waals surface area contributed by atoms with Gasteiger partial charge in [-0.3, -0.25) is 0 Å². The summed E-state index contributed by atoms with van der Waals surface area (Å²) < 4.78 is 5.98. The van der Waals surface area contributed by atoms with Crippen molar-refractivity contribution in [2.45, 2.75) is 61.8 Å². The number of nitrogens with two attached hydrogens (primary N) is 1. The Morgan fingerprint density at radius 3 is 2.75 bits per heavy atom. The largest absolute Gasteiger partial charge is 0.375 e. The Labute approximate surface area is 103 Å². The van der Waals surface area contributed by atoms with Gasteiger partial charge in [-0.2, -0.15) is 11.8 Å². The van der Waals surface area contributed by atoms with Gasteiger partial charge < -0.3 is 10.5 Å². The van der Waals surface area contributed by atoms with Crippen LogP contribution in [0.4, 0.5) is 0 Å².